The average molecular weight is 329 g/mol. The SMILES string of the molecule is CN=C(NCc1ccc(OC(C)C)nc1)N(C)Cc1cccn1C. The Labute approximate surface area is 144 Å². The summed E-state index contributed by atoms with van der Waals surface area (Å²) in [6.45, 7) is 5.44. The highest BCUT2D eigenvalue weighted by Gasteiger charge is 2.08. The first-order valence-corrected chi connectivity index (χ1v) is 8.13. The van der Waals surface area contributed by atoms with E-state index in [2.05, 4.69) is 30.8 Å². The molecule has 0 aromatic carbocycles. The third-order valence-electron chi connectivity index (χ3n) is 3.63. The lowest BCUT2D eigenvalue weighted by molar-refractivity contribution is 0.232. The van der Waals surface area contributed by atoms with E-state index in [9.17, 15) is 0 Å². The van der Waals surface area contributed by atoms with Gasteiger partial charge in [0.15, 0.2) is 5.96 Å². The van der Waals surface area contributed by atoms with Crippen LogP contribution in [0.15, 0.2) is 41.7 Å². The molecule has 2 heterocycles. The Morgan fingerprint density at radius 3 is 2.71 bits per heavy atom. The maximum atomic E-state index is 5.56. The molecule has 24 heavy (non-hydrogen) atoms. The molecule has 0 amide bonds. The molecular formula is C18H27N5O. The number of aryl methyl sites for hydroxylation is 1. The number of hydrogen-bond donors (Lipinski definition) is 1. The number of guanidine groups is 1. The smallest absolute Gasteiger partial charge is 0.213 e. The van der Waals surface area contributed by atoms with E-state index in [-0.39, 0.29) is 6.10 Å². The standard InChI is InChI=1S/C18H27N5O/c1-14(2)24-17-9-8-15(11-20-17)12-21-18(19-3)23(5)13-16-7-6-10-22(16)4/h6-11,14H,12-13H2,1-5H3,(H,19,21). The van der Waals surface area contributed by atoms with Gasteiger partial charge in [-0.1, -0.05) is 6.07 Å². The molecule has 1 N–H and O–H groups in total. The van der Waals surface area contributed by atoms with Crippen LogP contribution in [-0.4, -0.2) is 40.6 Å². The molecule has 6 nitrogen and oxygen atoms in total. The molecule has 0 spiro atoms. The van der Waals surface area contributed by atoms with Gasteiger partial charge in [-0.25, -0.2) is 4.98 Å². The highest BCUT2D eigenvalue weighted by molar-refractivity contribution is 5.79. The van der Waals surface area contributed by atoms with Gasteiger partial charge in [-0.15, -0.1) is 0 Å². The number of nitrogens with zero attached hydrogens (tertiary/aromatic N) is 4. The summed E-state index contributed by atoms with van der Waals surface area (Å²) in [5.74, 6) is 1.50. The minimum Gasteiger partial charge on any atom is -0.475 e. The fourth-order valence-corrected chi connectivity index (χ4v) is 2.37. The predicted octanol–water partition coefficient (Wildman–Crippen LogP) is 2.41. The first-order valence-electron chi connectivity index (χ1n) is 8.13. The Morgan fingerprint density at radius 2 is 2.17 bits per heavy atom. The Balaban J connectivity index is 1.90. The summed E-state index contributed by atoms with van der Waals surface area (Å²) in [5.41, 5.74) is 2.32. The van der Waals surface area contributed by atoms with Crippen molar-refractivity contribution in [3.63, 3.8) is 0 Å². The Bertz CT molecular complexity index is 660. The average Bonchev–Trinajstić information content (AvgIpc) is 2.94. The monoisotopic (exact) mass is 329 g/mol. The quantitative estimate of drug-likeness (QED) is 0.653. The summed E-state index contributed by atoms with van der Waals surface area (Å²) in [6, 6.07) is 8.07. The number of hydrogen-bond acceptors (Lipinski definition) is 3. The second-order valence-corrected chi connectivity index (χ2v) is 6.04. The van der Waals surface area contributed by atoms with E-state index in [4.69, 9.17) is 4.74 Å². The number of pyridine rings is 1. The van der Waals surface area contributed by atoms with Crippen LogP contribution in [0.3, 0.4) is 0 Å². The highest BCUT2D eigenvalue weighted by atomic mass is 16.5. The second-order valence-electron chi connectivity index (χ2n) is 6.04. The van der Waals surface area contributed by atoms with E-state index in [0.29, 0.717) is 12.4 Å². The summed E-state index contributed by atoms with van der Waals surface area (Å²) in [4.78, 5) is 10.8. The summed E-state index contributed by atoms with van der Waals surface area (Å²) in [7, 11) is 5.87. The van der Waals surface area contributed by atoms with Crippen LogP contribution >= 0.6 is 0 Å². The van der Waals surface area contributed by atoms with E-state index >= 15 is 0 Å². The third kappa shape index (κ3) is 5.01. The van der Waals surface area contributed by atoms with E-state index in [1.807, 2.05) is 58.5 Å². The van der Waals surface area contributed by atoms with Gasteiger partial charge in [-0.3, -0.25) is 4.99 Å². The Morgan fingerprint density at radius 1 is 1.38 bits per heavy atom. The molecular weight excluding hydrogens is 302 g/mol. The van der Waals surface area contributed by atoms with Gasteiger partial charge in [0.1, 0.15) is 0 Å². The first-order chi connectivity index (χ1) is 11.5. The van der Waals surface area contributed by atoms with Crippen molar-refractivity contribution in [2.75, 3.05) is 14.1 Å². The molecule has 0 saturated heterocycles. The van der Waals surface area contributed by atoms with Crippen LogP contribution in [0, 0.1) is 0 Å². The Kier molecular flexibility index (Phi) is 6.23. The van der Waals surface area contributed by atoms with Crippen LogP contribution in [-0.2, 0) is 20.1 Å². The molecule has 0 saturated carbocycles. The van der Waals surface area contributed by atoms with Crippen LogP contribution in [0.1, 0.15) is 25.1 Å². The number of aromatic nitrogens is 2. The lowest BCUT2D eigenvalue weighted by atomic mass is 10.3. The van der Waals surface area contributed by atoms with Crippen molar-refractivity contribution >= 4 is 5.96 Å². The Hall–Kier alpha value is -2.50. The zero-order valence-electron chi connectivity index (χ0n) is 15.2. The molecule has 0 aliphatic heterocycles. The maximum Gasteiger partial charge on any atom is 0.213 e. The van der Waals surface area contributed by atoms with Crippen molar-refractivity contribution in [2.45, 2.75) is 33.0 Å². The molecule has 0 aliphatic rings. The summed E-state index contributed by atoms with van der Waals surface area (Å²) in [6.07, 6.45) is 4.01. The second kappa shape index (κ2) is 8.38. The molecule has 0 fully saturated rings. The molecule has 130 valence electrons. The van der Waals surface area contributed by atoms with Gasteiger partial charge in [0.25, 0.3) is 0 Å². The fourth-order valence-electron chi connectivity index (χ4n) is 2.37. The van der Waals surface area contributed by atoms with Crippen LogP contribution < -0.4 is 10.1 Å². The van der Waals surface area contributed by atoms with Crippen LogP contribution in [0.5, 0.6) is 5.88 Å². The lowest BCUT2D eigenvalue weighted by Gasteiger charge is -2.22. The fraction of sp³-hybridized carbons (Fsp3) is 0.444. The highest BCUT2D eigenvalue weighted by Crippen LogP contribution is 2.09. The number of rotatable bonds is 6. The van der Waals surface area contributed by atoms with Crippen molar-refractivity contribution in [1.82, 2.24) is 19.8 Å². The summed E-state index contributed by atoms with van der Waals surface area (Å²) < 4.78 is 7.67. The summed E-state index contributed by atoms with van der Waals surface area (Å²) >= 11 is 0. The molecule has 0 bridgehead atoms. The molecule has 6 heteroatoms. The van der Waals surface area contributed by atoms with Gasteiger partial charge < -0.3 is 19.5 Å². The van der Waals surface area contributed by atoms with Crippen molar-refractivity contribution in [1.29, 1.82) is 0 Å². The van der Waals surface area contributed by atoms with E-state index in [1.54, 1.807) is 7.05 Å². The van der Waals surface area contributed by atoms with Gasteiger partial charge >= 0.3 is 0 Å². The van der Waals surface area contributed by atoms with Gasteiger partial charge in [0.05, 0.1) is 12.6 Å². The van der Waals surface area contributed by atoms with Crippen molar-refractivity contribution < 1.29 is 4.74 Å². The first kappa shape index (κ1) is 17.8. The van der Waals surface area contributed by atoms with Gasteiger partial charge in [-0.2, -0.15) is 0 Å². The van der Waals surface area contributed by atoms with Crippen molar-refractivity contribution in [3.8, 4) is 5.88 Å². The summed E-state index contributed by atoms with van der Waals surface area (Å²) in [5, 5.41) is 3.36. The van der Waals surface area contributed by atoms with Crippen LogP contribution in [0.2, 0.25) is 0 Å². The lowest BCUT2D eigenvalue weighted by Crippen LogP contribution is -2.38. The minimum atomic E-state index is 0.131. The maximum absolute atomic E-state index is 5.56. The third-order valence-corrected chi connectivity index (χ3v) is 3.63. The van der Waals surface area contributed by atoms with Crippen molar-refractivity contribution in [3.05, 3.63) is 47.9 Å². The van der Waals surface area contributed by atoms with Crippen LogP contribution in [0.4, 0.5) is 0 Å². The van der Waals surface area contributed by atoms with E-state index in [0.717, 1.165) is 18.1 Å². The normalized spacial score (nSPS) is 11.7. The molecule has 0 atom stereocenters. The minimum absolute atomic E-state index is 0.131. The van der Waals surface area contributed by atoms with E-state index < -0.39 is 0 Å². The van der Waals surface area contributed by atoms with Crippen molar-refractivity contribution in [2.24, 2.45) is 12.0 Å². The molecule has 0 radical (unpaired) electrons. The predicted molar refractivity (Wildman–Crippen MR) is 97.1 cm³/mol. The molecule has 2 aromatic rings. The number of nitrogens with one attached hydrogen (secondary N) is 1. The van der Waals surface area contributed by atoms with Gasteiger partial charge in [0, 0.05) is 51.8 Å². The molecule has 0 aliphatic carbocycles. The zero-order valence-corrected chi connectivity index (χ0v) is 15.2. The van der Waals surface area contributed by atoms with Gasteiger partial charge in [0.2, 0.25) is 5.88 Å². The van der Waals surface area contributed by atoms with Crippen LogP contribution in [0.25, 0.3) is 0 Å². The van der Waals surface area contributed by atoms with Gasteiger partial charge in [-0.05, 0) is 31.5 Å². The largest absolute Gasteiger partial charge is 0.475 e. The molecule has 2 rings (SSSR count). The van der Waals surface area contributed by atoms with E-state index in [1.165, 1.54) is 5.69 Å². The number of aliphatic imine (C=N–C) groups is 1. The molecule has 0 unspecified atom stereocenters. The zero-order chi connectivity index (χ0) is 17.5. The number of ether oxygens (including phenoxy) is 1. The topological polar surface area (TPSA) is 54.7 Å². The molecule has 2 aromatic heterocycles.